The van der Waals surface area contributed by atoms with E-state index in [1.165, 1.54) is 193 Å². The second kappa shape index (κ2) is 69.1. The summed E-state index contributed by atoms with van der Waals surface area (Å²) >= 11 is 0. The van der Waals surface area contributed by atoms with Gasteiger partial charge in [-0.25, -0.2) is 0 Å². The van der Waals surface area contributed by atoms with E-state index in [2.05, 4.69) is 106 Å². The van der Waals surface area contributed by atoms with Crippen LogP contribution in [0.4, 0.5) is 0 Å². The van der Waals surface area contributed by atoms with Crippen molar-refractivity contribution in [3.05, 3.63) is 85.1 Å². The quantitative estimate of drug-likeness (QED) is 0.0261. The minimum Gasteiger partial charge on any atom is -0.462 e. The Kier molecular flexibility index (Phi) is 66.2. The van der Waals surface area contributed by atoms with Crippen LogP contribution in [-0.4, -0.2) is 37.2 Å². The Morgan fingerprint density at radius 1 is 0.259 bits per heavy atom. The summed E-state index contributed by atoms with van der Waals surface area (Å²) in [6.07, 6.45) is 91.7. The number of carbonyl (C=O) groups is 3. The molecule has 468 valence electrons. The van der Waals surface area contributed by atoms with Gasteiger partial charge in [0.25, 0.3) is 0 Å². The molecule has 0 bridgehead atoms. The van der Waals surface area contributed by atoms with Crippen molar-refractivity contribution in [3.8, 4) is 0 Å². The predicted octanol–water partition coefficient (Wildman–Crippen LogP) is 24.2. The molecule has 0 heterocycles. The van der Waals surface area contributed by atoms with Gasteiger partial charge >= 0.3 is 17.9 Å². The maximum atomic E-state index is 13.0. The molecule has 0 aliphatic rings. The Bertz CT molecular complexity index is 1530. The molecule has 0 N–H and O–H groups in total. The van der Waals surface area contributed by atoms with Crippen LogP contribution >= 0.6 is 0 Å². The van der Waals surface area contributed by atoms with Crippen LogP contribution in [0.5, 0.6) is 0 Å². The number of hydrogen-bond donors (Lipinski definition) is 0. The van der Waals surface area contributed by atoms with Crippen molar-refractivity contribution < 1.29 is 28.6 Å². The first-order valence-corrected chi connectivity index (χ1v) is 35.1. The van der Waals surface area contributed by atoms with E-state index < -0.39 is 6.10 Å². The number of esters is 3. The van der Waals surface area contributed by atoms with Crippen LogP contribution in [0.2, 0.25) is 0 Å². The monoisotopic (exact) mass is 1130 g/mol. The lowest BCUT2D eigenvalue weighted by Crippen LogP contribution is -2.30. The van der Waals surface area contributed by atoms with Gasteiger partial charge in [-0.3, -0.25) is 14.4 Å². The van der Waals surface area contributed by atoms with E-state index in [1.807, 2.05) is 0 Å². The molecule has 0 aromatic rings. The molecule has 0 amide bonds. The standard InChI is InChI=1S/C75H132O6/c1-4-7-10-13-16-19-22-25-28-30-32-34-36-37-38-39-40-42-43-45-47-50-53-56-59-62-65-68-74(77)80-71-72(70-79-73(76)67-64-61-58-55-52-49-27-24-21-18-15-12-9-6-3)81-75(78)69-66-63-60-57-54-51-48-46-44-41-35-33-31-29-26-23-20-17-14-11-8-5-2/h7,10,16,19,25,28,32,34,37-38,40,42,45,47,72H,4-6,8-9,11-15,17-18,20-24,26-27,29-31,33,35-36,39,41,43-44,46,48-71H2,1-3H3/b10-7-,19-16-,28-25-,34-32-,38-37-,42-40-,47-45-. The van der Waals surface area contributed by atoms with Gasteiger partial charge in [0.05, 0.1) is 0 Å². The molecule has 1 atom stereocenters. The van der Waals surface area contributed by atoms with Crippen molar-refractivity contribution in [2.75, 3.05) is 13.2 Å². The third kappa shape index (κ3) is 67.3. The lowest BCUT2D eigenvalue weighted by atomic mass is 10.0. The van der Waals surface area contributed by atoms with Crippen LogP contribution in [0.25, 0.3) is 0 Å². The first-order chi connectivity index (χ1) is 40.0. The molecule has 0 aromatic carbocycles. The van der Waals surface area contributed by atoms with Gasteiger partial charge < -0.3 is 14.2 Å². The Labute approximate surface area is 503 Å². The smallest absolute Gasteiger partial charge is 0.306 e. The molecular formula is C75H132O6. The molecule has 6 heteroatoms. The normalized spacial score (nSPS) is 12.6. The van der Waals surface area contributed by atoms with Crippen LogP contribution in [0.1, 0.15) is 355 Å². The lowest BCUT2D eigenvalue weighted by molar-refractivity contribution is -0.167. The third-order valence-electron chi connectivity index (χ3n) is 15.4. The van der Waals surface area contributed by atoms with Crippen molar-refractivity contribution in [2.24, 2.45) is 0 Å². The molecule has 0 saturated heterocycles. The molecular weight excluding hydrogens is 997 g/mol. The number of unbranched alkanes of at least 4 members (excludes halogenated alkanes) is 39. The zero-order valence-corrected chi connectivity index (χ0v) is 53.8. The molecule has 1 unspecified atom stereocenters. The third-order valence-corrected chi connectivity index (χ3v) is 15.4. The van der Waals surface area contributed by atoms with Gasteiger partial charge in [0.1, 0.15) is 13.2 Å². The average molecular weight is 1130 g/mol. The van der Waals surface area contributed by atoms with E-state index in [4.69, 9.17) is 14.2 Å². The zero-order valence-electron chi connectivity index (χ0n) is 53.8. The van der Waals surface area contributed by atoms with Gasteiger partial charge in [-0.15, -0.1) is 0 Å². The highest BCUT2D eigenvalue weighted by Crippen LogP contribution is 2.18. The maximum Gasteiger partial charge on any atom is 0.306 e. The number of allylic oxidation sites excluding steroid dienone is 14. The van der Waals surface area contributed by atoms with E-state index in [-0.39, 0.29) is 31.1 Å². The molecule has 0 aromatic heterocycles. The van der Waals surface area contributed by atoms with Crippen molar-refractivity contribution in [1.82, 2.24) is 0 Å². The summed E-state index contributed by atoms with van der Waals surface area (Å²) in [4.78, 5) is 38.4. The van der Waals surface area contributed by atoms with Crippen LogP contribution in [0.15, 0.2) is 85.1 Å². The Morgan fingerprint density at radius 2 is 0.481 bits per heavy atom. The molecule has 0 rings (SSSR count). The van der Waals surface area contributed by atoms with Gasteiger partial charge in [0.15, 0.2) is 6.10 Å². The Hall–Kier alpha value is -3.41. The van der Waals surface area contributed by atoms with Crippen LogP contribution in [0.3, 0.4) is 0 Å². The molecule has 0 saturated carbocycles. The SMILES string of the molecule is CC/C=C\C/C=C\C/C=C\C/C=C\C/C=C\C/C=C\C/C=C\CCCCCCCC(=O)OCC(COC(=O)CCCCCCCCCCCCCCCC)OC(=O)CCCCCCCCCCCCCCCCCCCCCCCC. The fourth-order valence-electron chi connectivity index (χ4n) is 10.2. The summed E-state index contributed by atoms with van der Waals surface area (Å²) in [6.45, 7) is 6.57. The van der Waals surface area contributed by atoms with Crippen LogP contribution < -0.4 is 0 Å². The minimum atomic E-state index is -0.783. The van der Waals surface area contributed by atoms with Crippen molar-refractivity contribution in [2.45, 2.75) is 361 Å². The predicted molar refractivity (Wildman–Crippen MR) is 353 cm³/mol. The van der Waals surface area contributed by atoms with E-state index in [1.54, 1.807) is 0 Å². The van der Waals surface area contributed by atoms with Gasteiger partial charge in [-0.2, -0.15) is 0 Å². The highest BCUT2D eigenvalue weighted by molar-refractivity contribution is 5.71. The van der Waals surface area contributed by atoms with Crippen molar-refractivity contribution in [3.63, 3.8) is 0 Å². The molecule has 81 heavy (non-hydrogen) atoms. The summed E-state index contributed by atoms with van der Waals surface area (Å²) in [5.41, 5.74) is 0. The molecule has 0 fully saturated rings. The summed E-state index contributed by atoms with van der Waals surface area (Å²) in [7, 11) is 0. The summed E-state index contributed by atoms with van der Waals surface area (Å²) in [5.74, 6) is -0.876. The van der Waals surface area contributed by atoms with Gasteiger partial charge in [-0.05, 0) is 77.0 Å². The van der Waals surface area contributed by atoms with Crippen LogP contribution in [-0.2, 0) is 28.6 Å². The summed E-state index contributed by atoms with van der Waals surface area (Å²) in [6, 6.07) is 0. The van der Waals surface area contributed by atoms with Gasteiger partial charge in [0, 0.05) is 19.3 Å². The number of ether oxygens (including phenoxy) is 3. The van der Waals surface area contributed by atoms with Gasteiger partial charge in [-0.1, -0.05) is 343 Å². The molecule has 0 radical (unpaired) electrons. The highest BCUT2D eigenvalue weighted by Gasteiger charge is 2.19. The molecule has 0 spiro atoms. The highest BCUT2D eigenvalue weighted by atomic mass is 16.6. The molecule has 6 nitrogen and oxygen atoms in total. The molecule has 0 aliphatic carbocycles. The fourth-order valence-corrected chi connectivity index (χ4v) is 10.2. The van der Waals surface area contributed by atoms with Crippen molar-refractivity contribution in [1.29, 1.82) is 0 Å². The number of carbonyl (C=O) groups excluding carboxylic acids is 3. The van der Waals surface area contributed by atoms with E-state index >= 15 is 0 Å². The number of hydrogen-bond acceptors (Lipinski definition) is 6. The second-order valence-corrected chi connectivity index (χ2v) is 23.4. The first-order valence-electron chi connectivity index (χ1n) is 35.1. The zero-order chi connectivity index (χ0) is 58.5. The second-order valence-electron chi connectivity index (χ2n) is 23.4. The van der Waals surface area contributed by atoms with Crippen molar-refractivity contribution >= 4 is 17.9 Å². The average Bonchev–Trinajstić information content (AvgIpc) is 3.47. The Morgan fingerprint density at radius 3 is 0.753 bits per heavy atom. The largest absolute Gasteiger partial charge is 0.462 e. The maximum absolute atomic E-state index is 13.0. The minimum absolute atomic E-state index is 0.0777. The Balaban J connectivity index is 4.34. The topological polar surface area (TPSA) is 78.9 Å². The first kappa shape index (κ1) is 77.6. The van der Waals surface area contributed by atoms with Crippen LogP contribution in [0, 0.1) is 0 Å². The summed E-state index contributed by atoms with van der Waals surface area (Å²) in [5, 5.41) is 0. The fraction of sp³-hybridized carbons (Fsp3) is 0.773. The lowest BCUT2D eigenvalue weighted by Gasteiger charge is -2.18. The van der Waals surface area contributed by atoms with E-state index in [0.29, 0.717) is 19.3 Å². The summed E-state index contributed by atoms with van der Waals surface area (Å²) < 4.78 is 17.0. The van der Waals surface area contributed by atoms with E-state index in [9.17, 15) is 14.4 Å². The van der Waals surface area contributed by atoms with E-state index in [0.717, 1.165) is 122 Å². The van der Waals surface area contributed by atoms with Gasteiger partial charge in [0.2, 0.25) is 0 Å². The number of rotatable bonds is 64. The molecule has 0 aliphatic heterocycles.